The van der Waals surface area contributed by atoms with E-state index in [1.807, 2.05) is 0 Å². The van der Waals surface area contributed by atoms with E-state index >= 15 is 0 Å². The van der Waals surface area contributed by atoms with Gasteiger partial charge in [-0.15, -0.1) is 0 Å². The second kappa shape index (κ2) is 12.6. The van der Waals surface area contributed by atoms with Gasteiger partial charge in [0.1, 0.15) is 17.1 Å². The number of pyridine rings is 1. The number of carbonyl (C=O) groups excluding carboxylic acids is 1. The number of benzene rings is 1. The number of carbonyl (C=O) groups is 1. The van der Waals surface area contributed by atoms with Gasteiger partial charge in [-0.05, 0) is 25.0 Å². The van der Waals surface area contributed by atoms with Crippen molar-refractivity contribution in [2.24, 2.45) is 0 Å². The van der Waals surface area contributed by atoms with Crippen LogP contribution in [0.3, 0.4) is 0 Å². The summed E-state index contributed by atoms with van der Waals surface area (Å²) in [5, 5.41) is 7.31. The Bertz CT molecular complexity index is 1490. The molecule has 4 heterocycles. The number of amides is 1. The van der Waals surface area contributed by atoms with Crippen LogP contribution in [0, 0.1) is 0 Å². The van der Waals surface area contributed by atoms with Gasteiger partial charge >= 0.3 is 0 Å². The molecule has 2 aliphatic rings. The molecular weight excluding hydrogens is 571 g/mol. The monoisotopic (exact) mass is 602 g/mol. The molecule has 0 radical (unpaired) electrons. The first kappa shape index (κ1) is 29.1. The molecule has 0 saturated carbocycles. The minimum absolute atomic E-state index is 0.0414. The summed E-state index contributed by atoms with van der Waals surface area (Å²) in [6.07, 6.45) is 4.64. The Morgan fingerprint density at radius 1 is 1.12 bits per heavy atom. The molecule has 2 N–H and O–H groups in total. The molecule has 0 unspecified atom stereocenters. The number of rotatable bonds is 10. The first-order valence-corrected chi connectivity index (χ1v) is 14.1. The van der Waals surface area contributed by atoms with Gasteiger partial charge in [0.2, 0.25) is 11.9 Å². The van der Waals surface area contributed by atoms with Crippen LogP contribution in [0.5, 0.6) is 11.5 Å². The summed E-state index contributed by atoms with van der Waals surface area (Å²) in [7, 11) is 2.96. The summed E-state index contributed by atoms with van der Waals surface area (Å²) in [5.74, 6) is 0.901. The Morgan fingerprint density at radius 2 is 1.80 bits per heavy atom. The molecule has 5 rings (SSSR count). The Morgan fingerprint density at radius 3 is 2.44 bits per heavy atom. The lowest BCUT2D eigenvalue weighted by Gasteiger charge is -2.39. The molecule has 0 aliphatic carbocycles. The number of aromatic nitrogens is 3. The molecule has 3 aromatic rings. The molecule has 13 heteroatoms. The van der Waals surface area contributed by atoms with Crippen molar-refractivity contribution in [3.63, 3.8) is 0 Å². The van der Waals surface area contributed by atoms with Crippen LogP contribution in [0.15, 0.2) is 35.8 Å². The molecular formula is C28H32Cl2N6O5. The Balaban J connectivity index is 1.54. The number of fused-ring (bicyclic) bond motifs is 1. The van der Waals surface area contributed by atoms with Crippen molar-refractivity contribution < 1.29 is 19.0 Å². The van der Waals surface area contributed by atoms with E-state index in [4.69, 9.17) is 42.4 Å². The number of anilines is 1. The SMILES string of the molecule is C=CC(=O)NC1CN(CCn2c(=O)c(-c3c(Cl)c(OC)cc(OC)c3Cl)cc3cnc(NC4CCOCC4)nc32)C1. The smallest absolute Gasteiger partial charge is 0.260 e. The Labute approximate surface area is 247 Å². The summed E-state index contributed by atoms with van der Waals surface area (Å²) in [5.41, 5.74) is 0.760. The van der Waals surface area contributed by atoms with Gasteiger partial charge < -0.3 is 24.8 Å². The maximum absolute atomic E-state index is 14.1. The van der Waals surface area contributed by atoms with Crippen LogP contribution in [0.4, 0.5) is 5.95 Å². The molecule has 11 nitrogen and oxygen atoms in total. The average Bonchev–Trinajstić information content (AvgIpc) is 2.96. The van der Waals surface area contributed by atoms with Crippen molar-refractivity contribution in [2.45, 2.75) is 31.5 Å². The summed E-state index contributed by atoms with van der Waals surface area (Å²) in [6, 6.07) is 3.51. The van der Waals surface area contributed by atoms with Crippen LogP contribution in [-0.4, -0.2) is 84.5 Å². The number of ether oxygens (including phenoxy) is 3. The number of likely N-dealkylation sites (tertiary alicyclic amines) is 1. The fraction of sp³-hybridized carbons (Fsp3) is 0.429. The van der Waals surface area contributed by atoms with E-state index < -0.39 is 0 Å². The minimum Gasteiger partial charge on any atom is -0.495 e. The van der Waals surface area contributed by atoms with Crippen LogP contribution < -0.4 is 25.7 Å². The quantitative estimate of drug-likeness (QED) is 0.336. The van der Waals surface area contributed by atoms with Gasteiger partial charge in [0.25, 0.3) is 5.56 Å². The fourth-order valence-electron chi connectivity index (χ4n) is 5.11. The molecule has 0 spiro atoms. The highest BCUT2D eigenvalue weighted by atomic mass is 35.5. The van der Waals surface area contributed by atoms with Gasteiger partial charge in [0.05, 0.1) is 35.9 Å². The summed E-state index contributed by atoms with van der Waals surface area (Å²) in [4.78, 5) is 37.2. The molecule has 0 atom stereocenters. The van der Waals surface area contributed by atoms with E-state index in [1.54, 1.807) is 22.9 Å². The minimum atomic E-state index is -0.315. The third kappa shape index (κ3) is 6.13. The van der Waals surface area contributed by atoms with Crippen LogP contribution in [0.25, 0.3) is 22.2 Å². The maximum Gasteiger partial charge on any atom is 0.260 e. The number of nitrogens with zero attached hydrogens (tertiary/aromatic N) is 4. The van der Waals surface area contributed by atoms with Gasteiger partial charge in [-0.25, -0.2) is 4.98 Å². The molecule has 0 bridgehead atoms. The lowest BCUT2D eigenvalue weighted by Crippen LogP contribution is -2.59. The third-order valence-corrected chi connectivity index (χ3v) is 8.10. The second-order valence-corrected chi connectivity index (χ2v) is 10.7. The molecule has 2 aliphatic heterocycles. The zero-order chi connectivity index (χ0) is 29.1. The zero-order valence-electron chi connectivity index (χ0n) is 22.9. The van der Waals surface area contributed by atoms with E-state index in [0.29, 0.717) is 73.4 Å². The van der Waals surface area contributed by atoms with Crippen LogP contribution in [0.1, 0.15) is 12.8 Å². The van der Waals surface area contributed by atoms with Crippen molar-refractivity contribution in [2.75, 3.05) is 52.4 Å². The third-order valence-electron chi connectivity index (χ3n) is 7.35. The first-order valence-electron chi connectivity index (χ1n) is 13.3. The summed E-state index contributed by atoms with van der Waals surface area (Å²) >= 11 is 13.4. The first-order chi connectivity index (χ1) is 19.8. The molecule has 2 aromatic heterocycles. The highest BCUT2D eigenvalue weighted by Crippen LogP contribution is 2.45. The van der Waals surface area contributed by atoms with Crippen molar-refractivity contribution in [3.8, 4) is 22.6 Å². The number of methoxy groups -OCH3 is 2. The van der Waals surface area contributed by atoms with Crippen molar-refractivity contribution >= 4 is 46.1 Å². The van der Waals surface area contributed by atoms with E-state index in [1.165, 1.54) is 20.3 Å². The molecule has 1 aromatic carbocycles. The summed E-state index contributed by atoms with van der Waals surface area (Å²) in [6.45, 7) is 7.09. The number of nitrogens with one attached hydrogen (secondary N) is 2. The highest BCUT2D eigenvalue weighted by Gasteiger charge is 2.28. The zero-order valence-corrected chi connectivity index (χ0v) is 24.4. The van der Waals surface area contributed by atoms with Gasteiger partial charge in [-0.3, -0.25) is 19.1 Å². The van der Waals surface area contributed by atoms with E-state index in [9.17, 15) is 9.59 Å². The van der Waals surface area contributed by atoms with Crippen LogP contribution in [0.2, 0.25) is 10.0 Å². The van der Waals surface area contributed by atoms with Crippen LogP contribution in [-0.2, 0) is 16.1 Å². The predicted octanol–water partition coefficient (Wildman–Crippen LogP) is 3.36. The number of hydrogen-bond donors (Lipinski definition) is 2. The van der Waals surface area contributed by atoms with Gasteiger partial charge in [-0.2, -0.15) is 4.98 Å². The van der Waals surface area contributed by atoms with Crippen molar-refractivity contribution in [1.29, 1.82) is 0 Å². The fourth-order valence-corrected chi connectivity index (χ4v) is 5.81. The molecule has 41 heavy (non-hydrogen) atoms. The van der Waals surface area contributed by atoms with E-state index in [2.05, 4.69) is 27.1 Å². The lowest BCUT2D eigenvalue weighted by atomic mass is 10.0. The van der Waals surface area contributed by atoms with Gasteiger partial charge in [0, 0.05) is 68.6 Å². The standard InChI is InChI=1S/C28H32Cl2N6O5/c1-4-22(37)32-18-14-35(15-18)7-8-36-26-16(13-31-28(34-26)33-17-5-9-41-10-6-17)11-19(27(36)38)23-24(29)20(39-2)12-21(40-3)25(23)30/h4,11-13,17-18H,1,5-10,14-15H2,2-3H3,(H,32,37)(H,31,33,34). The molecule has 1 amide bonds. The second-order valence-electron chi connectivity index (χ2n) is 9.97. The van der Waals surface area contributed by atoms with E-state index in [-0.39, 0.29) is 39.2 Å². The lowest BCUT2D eigenvalue weighted by molar-refractivity contribution is -0.118. The largest absolute Gasteiger partial charge is 0.495 e. The van der Waals surface area contributed by atoms with Crippen LogP contribution >= 0.6 is 23.2 Å². The maximum atomic E-state index is 14.1. The Kier molecular flexibility index (Phi) is 8.98. The predicted molar refractivity (Wildman–Crippen MR) is 158 cm³/mol. The van der Waals surface area contributed by atoms with Crippen molar-refractivity contribution in [3.05, 3.63) is 51.4 Å². The molecule has 2 saturated heterocycles. The van der Waals surface area contributed by atoms with E-state index in [0.717, 1.165) is 12.8 Å². The van der Waals surface area contributed by atoms with Gasteiger partial charge in [-0.1, -0.05) is 29.8 Å². The van der Waals surface area contributed by atoms with Gasteiger partial charge in [0.15, 0.2) is 0 Å². The molecule has 218 valence electrons. The number of halogens is 2. The Hall–Kier alpha value is -3.38. The topological polar surface area (TPSA) is 120 Å². The highest BCUT2D eigenvalue weighted by molar-refractivity contribution is 6.41. The van der Waals surface area contributed by atoms with Crippen molar-refractivity contribution in [1.82, 2.24) is 24.8 Å². The number of hydrogen-bond acceptors (Lipinski definition) is 9. The summed E-state index contributed by atoms with van der Waals surface area (Å²) < 4.78 is 17.9. The normalized spacial score (nSPS) is 16.3. The molecule has 2 fully saturated rings. The average molecular weight is 604 g/mol.